The molecular weight excluding hydrogens is 332 g/mol. The minimum absolute atomic E-state index is 0.159. The van der Waals surface area contributed by atoms with Crippen LogP contribution < -0.4 is 0 Å². The van der Waals surface area contributed by atoms with Gasteiger partial charge in [0.1, 0.15) is 0 Å². The summed E-state index contributed by atoms with van der Waals surface area (Å²) in [7, 11) is 0. The van der Waals surface area contributed by atoms with Crippen LogP contribution >= 0.6 is 15.9 Å². The SMILES string of the molecule is CC(C)(O)CN1CCN(CC(=O)c2cccc(Br)c2)CC1. The molecule has 1 aromatic carbocycles. The molecule has 2 rings (SSSR count). The lowest BCUT2D eigenvalue weighted by Crippen LogP contribution is -2.51. The van der Waals surface area contributed by atoms with Crippen molar-refractivity contribution in [1.82, 2.24) is 9.80 Å². The Morgan fingerprint density at radius 3 is 2.43 bits per heavy atom. The van der Waals surface area contributed by atoms with Gasteiger partial charge >= 0.3 is 0 Å². The molecule has 0 aromatic heterocycles. The Kier molecular flexibility index (Phi) is 5.54. The van der Waals surface area contributed by atoms with Crippen molar-refractivity contribution in [2.45, 2.75) is 19.4 Å². The molecule has 0 radical (unpaired) electrons. The van der Waals surface area contributed by atoms with Crippen molar-refractivity contribution in [3.8, 4) is 0 Å². The monoisotopic (exact) mass is 354 g/mol. The summed E-state index contributed by atoms with van der Waals surface area (Å²) in [4.78, 5) is 16.7. The van der Waals surface area contributed by atoms with Gasteiger partial charge in [-0.2, -0.15) is 0 Å². The van der Waals surface area contributed by atoms with Crippen molar-refractivity contribution < 1.29 is 9.90 Å². The zero-order chi connectivity index (χ0) is 15.5. The molecule has 0 bridgehead atoms. The van der Waals surface area contributed by atoms with Crippen LogP contribution in [0, 0.1) is 0 Å². The molecule has 1 saturated heterocycles. The minimum atomic E-state index is -0.658. The summed E-state index contributed by atoms with van der Waals surface area (Å²) in [6.45, 7) is 8.34. The van der Waals surface area contributed by atoms with E-state index in [0.29, 0.717) is 13.1 Å². The molecule has 0 spiro atoms. The van der Waals surface area contributed by atoms with E-state index in [4.69, 9.17) is 0 Å². The number of aliphatic hydroxyl groups is 1. The number of Topliss-reactive ketones (excluding diaryl/α,β-unsaturated/α-hetero) is 1. The lowest BCUT2D eigenvalue weighted by Gasteiger charge is -2.37. The van der Waals surface area contributed by atoms with Crippen molar-refractivity contribution in [3.05, 3.63) is 34.3 Å². The number of carbonyl (C=O) groups is 1. The zero-order valence-electron chi connectivity index (χ0n) is 12.7. The molecule has 0 unspecified atom stereocenters. The Balaban J connectivity index is 1.82. The molecule has 5 heteroatoms. The maximum Gasteiger partial charge on any atom is 0.176 e. The van der Waals surface area contributed by atoms with Crippen LogP contribution in [0.2, 0.25) is 0 Å². The first-order valence-corrected chi connectivity index (χ1v) is 8.09. The average molecular weight is 355 g/mol. The van der Waals surface area contributed by atoms with E-state index in [0.717, 1.165) is 36.2 Å². The Labute approximate surface area is 134 Å². The van der Waals surface area contributed by atoms with E-state index in [1.807, 2.05) is 38.1 Å². The van der Waals surface area contributed by atoms with Gasteiger partial charge in [0.15, 0.2) is 5.78 Å². The van der Waals surface area contributed by atoms with E-state index in [-0.39, 0.29) is 5.78 Å². The number of ketones is 1. The molecule has 116 valence electrons. The minimum Gasteiger partial charge on any atom is -0.389 e. The highest BCUT2D eigenvalue weighted by Crippen LogP contribution is 2.13. The molecule has 1 heterocycles. The fraction of sp³-hybridized carbons (Fsp3) is 0.562. The van der Waals surface area contributed by atoms with Gasteiger partial charge in [0.2, 0.25) is 0 Å². The molecule has 1 fully saturated rings. The molecule has 1 aliphatic rings. The van der Waals surface area contributed by atoms with Crippen molar-refractivity contribution in [3.63, 3.8) is 0 Å². The molecule has 4 nitrogen and oxygen atoms in total. The van der Waals surface area contributed by atoms with Gasteiger partial charge in [-0.3, -0.25) is 14.6 Å². The highest BCUT2D eigenvalue weighted by molar-refractivity contribution is 9.10. The average Bonchev–Trinajstić information content (AvgIpc) is 2.39. The Hall–Kier alpha value is -0.750. The second-order valence-electron chi connectivity index (χ2n) is 6.30. The molecule has 1 N–H and O–H groups in total. The number of rotatable bonds is 5. The lowest BCUT2D eigenvalue weighted by atomic mass is 10.1. The van der Waals surface area contributed by atoms with Gasteiger partial charge in [0, 0.05) is 42.8 Å². The molecule has 0 saturated carbocycles. The van der Waals surface area contributed by atoms with Crippen LogP contribution in [0.15, 0.2) is 28.7 Å². The standard InChI is InChI=1S/C16H23BrN2O2/c1-16(2,21)12-19-8-6-18(7-9-19)11-15(20)13-4-3-5-14(17)10-13/h3-5,10,21H,6-9,11-12H2,1-2H3. The normalized spacial score (nSPS) is 17.9. The highest BCUT2D eigenvalue weighted by Gasteiger charge is 2.23. The van der Waals surface area contributed by atoms with Gasteiger partial charge < -0.3 is 5.11 Å². The summed E-state index contributed by atoms with van der Waals surface area (Å²) in [6.07, 6.45) is 0. The van der Waals surface area contributed by atoms with E-state index < -0.39 is 5.60 Å². The molecular formula is C16H23BrN2O2. The number of carbonyl (C=O) groups excluding carboxylic acids is 1. The van der Waals surface area contributed by atoms with Crippen LogP contribution in [0.25, 0.3) is 0 Å². The molecule has 0 amide bonds. The number of halogens is 1. The van der Waals surface area contributed by atoms with E-state index in [1.165, 1.54) is 0 Å². The van der Waals surface area contributed by atoms with E-state index in [9.17, 15) is 9.90 Å². The number of benzene rings is 1. The maximum atomic E-state index is 12.3. The Morgan fingerprint density at radius 1 is 1.24 bits per heavy atom. The van der Waals surface area contributed by atoms with Crippen LogP contribution in [0.1, 0.15) is 24.2 Å². The van der Waals surface area contributed by atoms with Gasteiger partial charge in [0.25, 0.3) is 0 Å². The quantitative estimate of drug-likeness (QED) is 0.821. The van der Waals surface area contributed by atoms with Crippen LogP contribution in [-0.2, 0) is 0 Å². The second-order valence-corrected chi connectivity index (χ2v) is 7.21. The first kappa shape index (κ1) is 16.6. The number of piperazine rings is 1. The first-order chi connectivity index (χ1) is 9.83. The molecule has 1 aromatic rings. The smallest absolute Gasteiger partial charge is 0.176 e. The van der Waals surface area contributed by atoms with E-state index >= 15 is 0 Å². The number of nitrogens with zero attached hydrogens (tertiary/aromatic N) is 2. The van der Waals surface area contributed by atoms with Gasteiger partial charge in [-0.05, 0) is 26.0 Å². The highest BCUT2D eigenvalue weighted by atomic mass is 79.9. The van der Waals surface area contributed by atoms with Crippen molar-refractivity contribution >= 4 is 21.7 Å². The predicted octanol–water partition coefficient (Wildman–Crippen LogP) is 2.02. The molecule has 0 aliphatic carbocycles. The van der Waals surface area contributed by atoms with Gasteiger partial charge in [-0.15, -0.1) is 0 Å². The third kappa shape index (κ3) is 5.51. The van der Waals surface area contributed by atoms with Gasteiger partial charge in [-0.1, -0.05) is 28.1 Å². The molecule has 1 aliphatic heterocycles. The van der Waals surface area contributed by atoms with E-state index in [1.54, 1.807) is 0 Å². The predicted molar refractivity (Wildman–Crippen MR) is 87.7 cm³/mol. The fourth-order valence-corrected chi connectivity index (χ4v) is 3.01. The van der Waals surface area contributed by atoms with Gasteiger partial charge in [-0.25, -0.2) is 0 Å². The van der Waals surface area contributed by atoms with Crippen molar-refractivity contribution in [2.24, 2.45) is 0 Å². The van der Waals surface area contributed by atoms with Crippen LogP contribution in [0.5, 0.6) is 0 Å². The van der Waals surface area contributed by atoms with Crippen LogP contribution in [0.4, 0.5) is 0 Å². The zero-order valence-corrected chi connectivity index (χ0v) is 14.3. The molecule has 0 atom stereocenters. The summed E-state index contributed by atoms with van der Waals surface area (Å²) in [5, 5.41) is 9.84. The third-order valence-corrected chi connectivity index (χ3v) is 4.08. The van der Waals surface area contributed by atoms with Crippen LogP contribution in [-0.4, -0.2) is 65.6 Å². The summed E-state index contributed by atoms with van der Waals surface area (Å²) >= 11 is 3.40. The Morgan fingerprint density at radius 2 is 1.86 bits per heavy atom. The number of hydrogen-bond donors (Lipinski definition) is 1. The maximum absolute atomic E-state index is 12.3. The first-order valence-electron chi connectivity index (χ1n) is 7.29. The summed E-state index contributed by atoms with van der Waals surface area (Å²) < 4.78 is 0.934. The largest absolute Gasteiger partial charge is 0.389 e. The van der Waals surface area contributed by atoms with Crippen LogP contribution in [0.3, 0.4) is 0 Å². The molecule has 21 heavy (non-hydrogen) atoms. The second kappa shape index (κ2) is 7.01. The fourth-order valence-electron chi connectivity index (χ4n) is 2.61. The topological polar surface area (TPSA) is 43.8 Å². The van der Waals surface area contributed by atoms with Crippen molar-refractivity contribution in [1.29, 1.82) is 0 Å². The number of β-amino-alcohol motifs (C(OH)–C–C–N with tert-alkyl or cyclic N) is 1. The number of hydrogen-bond acceptors (Lipinski definition) is 4. The summed E-state index contributed by atoms with van der Waals surface area (Å²) in [6, 6.07) is 7.54. The third-order valence-electron chi connectivity index (χ3n) is 3.59. The summed E-state index contributed by atoms with van der Waals surface area (Å²) in [5.41, 5.74) is 0.0946. The lowest BCUT2D eigenvalue weighted by molar-refractivity contribution is 0.0179. The van der Waals surface area contributed by atoms with E-state index in [2.05, 4.69) is 25.7 Å². The Bertz CT molecular complexity index is 491. The summed E-state index contributed by atoms with van der Waals surface area (Å²) in [5.74, 6) is 0.159. The van der Waals surface area contributed by atoms with Crippen molar-refractivity contribution in [2.75, 3.05) is 39.3 Å². The van der Waals surface area contributed by atoms with Gasteiger partial charge in [0.05, 0.1) is 12.1 Å².